The summed E-state index contributed by atoms with van der Waals surface area (Å²) >= 11 is 0. The Bertz CT molecular complexity index is 579. The van der Waals surface area contributed by atoms with Crippen molar-refractivity contribution >= 4 is 11.4 Å². The van der Waals surface area contributed by atoms with Crippen LogP contribution in [0.15, 0.2) is 36.4 Å². The highest BCUT2D eigenvalue weighted by Crippen LogP contribution is 2.33. The topological polar surface area (TPSA) is 69.7 Å². The molecule has 4 heteroatoms. The summed E-state index contributed by atoms with van der Waals surface area (Å²) in [7, 11) is 0. The molecular weight excluding hydrogens is 240 g/mol. The van der Waals surface area contributed by atoms with Crippen LogP contribution in [-0.4, -0.2) is 16.9 Å². The third-order valence-electron chi connectivity index (χ3n) is 3.36. The molecule has 2 aromatic carbocycles. The van der Waals surface area contributed by atoms with Gasteiger partial charge in [-0.25, -0.2) is 0 Å². The zero-order valence-corrected chi connectivity index (χ0v) is 11.1. The Balaban J connectivity index is 2.48. The fourth-order valence-electron chi connectivity index (χ4n) is 2.06. The second-order valence-corrected chi connectivity index (χ2v) is 4.48. The van der Waals surface area contributed by atoms with Crippen molar-refractivity contribution in [3.8, 4) is 11.5 Å². The first-order chi connectivity index (χ1) is 9.04. The monoisotopic (exact) mass is 258 g/mol. The van der Waals surface area contributed by atoms with Crippen LogP contribution in [0.5, 0.6) is 11.5 Å². The second kappa shape index (κ2) is 5.20. The second-order valence-electron chi connectivity index (χ2n) is 4.48. The fourth-order valence-corrected chi connectivity index (χ4v) is 2.06. The minimum Gasteiger partial charge on any atom is -0.508 e. The van der Waals surface area contributed by atoms with Gasteiger partial charge in [-0.1, -0.05) is 0 Å². The average Bonchev–Trinajstić information content (AvgIpc) is 2.41. The van der Waals surface area contributed by atoms with Crippen LogP contribution in [0.2, 0.25) is 0 Å². The van der Waals surface area contributed by atoms with Gasteiger partial charge in [-0.3, -0.25) is 0 Å². The molecule has 4 nitrogen and oxygen atoms in total. The first-order valence-corrected chi connectivity index (χ1v) is 6.10. The predicted molar refractivity (Wildman–Crippen MR) is 76.9 cm³/mol. The largest absolute Gasteiger partial charge is 0.508 e. The molecule has 0 fully saturated rings. The molecule has 0 unspecified atom stereocenters. The number of hydrogen-bond acceptors (Lipinski definition) is 4. The van der Waals surface area contributed by atoms with Crippen molar-refractivity contribution in [3.63, 3.8) is 0 Å². The summed E-state index contributed by atoms with van der Waals surface area (Å²) in [5.74, 6) is 0.503. The third kappa shape index (κ3) is 2.48. The van der Waals surface area contributed by atoms with Crippen LogP contribution in [0.1, 0.15) is 11.1 Å². The maximum atomic E-state index is 9.70. The standard InChI is InChI=1S/C15H18N2O2/c1-10-11(2)15(19)8-7-14(10)17(9-16)12-3-5-13(18)6-4-12/h3-8,18-19H,9,16H2,1-2H3. The molecule has 0 bridgehead atoms. The van der Waals surface area contributed by atoms with Crippen molar-refractivity contribution < 1.29 is 10.2 Å². The molecule has 100 valence electrons. The average molecular weight is 258 g/mol. The van der Waals surface area contributed by atoms with Crippen molar-refractivity contribution in [2.24, 2.45) is 5.73 Å². The van der Waals surface area contributed by atoms with Gasteiger partial charge in [0.15, 0.2) is 0 Å². The Morgan fingerprint density at radius 3 is 2.16 bits per heavy atom. The molecule has 19 heavy (non-hydrogen) atoms. The highest BCUT2D eigenvalue weighted by Gasteiger charge is 2.13. The van der Waals surface area contributed by atoms with Crippen molar-refractivity contribution in [3.05, 3.63) is 47.5 Å². The molecule has 4 N–H and O–H groups in total. The first-order valence-electron chi connectivity index (χ1n) is 6.10. The van der Waals surface area contributed by atoms with Gasteiger partial charge in [-0.05, 0) is 61.4 Å². The Labute approximate surface area is 112 Å². The van der Waals surface area contributed by atoms with Crippen molar-refractivity contribution in [1.29, 1.82) is 0 Å². The number of benzene rings is 2. The number of phenols is 2. The van der Waals surface area contributed by atoms with E-state index < -0.39 is 0 Å². The number of rotatable bonds is 3. The first kappa shape index (κ1) is 13.2. The molecule has 2 rings (SSSR count). The smallest absolute Gasteiger partial charge is 0.118 e. The summed E-state index contributed by atoms with van der Waals surface area (Å²) in [6.45, 7) is 4.14. The SMILES string of the molecule is Cc1c(O)ccc(N(CN)c2ccc(O)cc2)c1C. The Kier molecular flexibility index (Phi) is 3.62. The number of aromatic hydroxyl groups is 2. The molecule has 2 aromatic rings. The van der Waals surface area contributed by atoms with Gasteiger partial charge in [0.1, 0.15) is 11.5 Å². The zero-order chi connectivity index (χ0) is 14.0. The molecule has 0 aromatic heterocycles. The minimum absolute atomic E-state index is 0.222. The summed E-state index contributed by atoms with van der Waals surface area (Å²) in [4.78, 5) is 1.93. The van der Waals surface area contributed by atoms with E-state index in [1.165, 1.54) is 0 Å². The van der Waals surface area contributed by atoms with E-state index in [1.807, 2.05) is 36.9 Å². The fraction of sp³-hybridized carbons (Fsp3) is 0.200. The number of hydrogen-bond donors (Lipinski definition) is 3. The molecule has 0 radical (unpaired) electrons. The number of nitrogens with zero attached hydrogens (tertiary/aromatic N) is 1. The lowest BCUT2D eigenvalue weighted by Crippen LogP contribution is -2.25. The molecular formula is C15H18N2O2. The van der Waals surface area contributed by atoms with Crippen molar-refractivity contribution in [2.45, 2.75) is 13.8 Å². The van der Waals surface area contributed by atoms with Crippen LogP contribution >= 0.6 is 0 Å². The van der Waals surface area contributed by atoms with Crippen LogP contribution in [0.3, 0.4) is 0 Å². The van der Waals surface area contributed by atoms with Gasteiger partial charge >= 0.3 is 0 Å². The lowest BCUT2D eigenvalue weighted by atomic mass is 10.1. The van der Waals surface area contributed by atoms with Gasteiger partial charge in [0.05, 0.1) is 6.67 Å². The molecule has 0 saturated heterocycles. The summed E-state index contributed by atoms with van der Waals surface area (Å²) < 4.78 is 0. The Hall–Kier alpha value is -2.20. The van der Waals surface area contributed by atoms with Crippen LogP contribution in [0, 0.1) is 13.8 Å². The van der Waals surface area contributed by atoms with Gasteiger partial charge < -0.3 is 20.8 Å². The molecule has 0 aliphatic heterocycles. The highest BCUT2D eigenvalue weighted by molar-refractivity contribution is 5.69. The minimum atomic E-state index is 0.222. The number of nitrogens with two attached hydrogens (primary N) is 1. The molecule has 0 aliphatic carbocycles. The van der Waals surface area contributed by atoms with E-state index in [0.29, 0.717) is 6.67 Å². The maximum absolute atomic E-state index is 9.70. The van der Waals surface area contributed by atoms with E-state index in [1.54, 1.807) is 18.2 Å². The number of phenolic OH excluding ortho intramolecular Hbond substituents is 2. The molecule has 0 spiro atoms. The maximum Gasteiger partial charge on any atom is 0.118 e. The number of anilines is 2. The normalized spacial score (nSPS) is 10.5. The molecule has 0 amide bonds. The molecule has 0 atom stereocenters. The van der Waals surface area contributed by atoms with Gasteiger partial charge in [0.2, 0.25) is 0 Å². The van der Waals surface area contributed by atoms with Crippen molar-refractivity contribution in [1.82, 2.24) is 0 Å². The van der Waals surface area contributed by atoms with E-state index >= 15 is 0 Å². The van der Waals surface area contributed by atoms with E-state index in [0.717, 1.165) is 22.5 Å². The lowest BCUT2D eigenvalue weighted by Gasteiger charge is -2.26. The summed E-state index contributed by atoms with van der Waals surface area (Å²) in [6, 6.07) is 10.4. The predicted octanol–water partition coefficient (Wildman–Crippen LogP) is 2.77. The summed E-state index contributed by atoms with van der Waals surface area (Å²) in [5.41, 5.74) is 9.50. The van der Waals surface area contributed by atoms with E-state index in [2.05, 4.69) is 0 Å². The third-order valence-corrected chi connectivity index (χ3v) is 3.36. The zero-order valence-electron chi connectivity index (χ0n) is 11.1. The molecule has 0 saturated carbocycles. The highest BCUT2D eigenvalue weighted by atomic mass is 16.3. The Morgan fingerprint density at radius 1 is 0.947 bits per heavy atom. The van der Waals surface area contributed by atoms with Crippen LogP contribution in [0.4, 0.5) is 11.4 Å². The van der Waals surface area contributed by atoms with Crippen LogP contribution in [0.25, 0.3) is 0 Å². The summed E-state index contributed by atoms with van der Waals surface area (Å²) in [5, 5.41) is 19.0. The van der Waals surface area contributed by atoms with E-state index in [-0.39, 0.29) is 11.5 Å². The van der Waals surface area contributed by atoms with Crippen LogP contribution in [-0.2, 0) is 0 Å². The Morgan fingerprint density at radius 2 is 1.58 bits per heavy atom. The summed E-state index contributed by atoms with van der Waals surface area (Å²) in [6.07, 6.45) is 0. The lowest BCUT2D eigenvalue weighted by molar-refractivity contribution is 0.470. The van der Waals surface area contributed by atoms with Gasteiger partial charge in [0, 0.05) is 11.4 Å². The molecule has 0 heterocycles. The van der Waals surface area contributed by atoms with Gasteiger partial charge in [-0.15, -0.1) is 0 Å². The van der Waals surface area contributed by atoms with Crippen LogP contribution < -0.4 is 10.6 Å². The quantitative estimate of drug-likeness (QED) is 0.740. The van der Waals surface area contributed by atoms with Gasteiger partial charge in [0.25, 0.3) is 0 Å². The van der Waals surface area contributed by atoms with E-state index in [4.69, 9.17) is 5.73 Å². The van der Waals surface area contributed by atoms with E-state index in [9.17, 15) is 10.2 Å². The van der Waals surface area contributed by atoms with Crippen molar-refractivity contribution in [2.75, 3.05) is 11.6 Å². The molecule has 0 aliphatic rings. The van der Waals surface area contributed by atoms with Gasteiger partial charge in [-0.2, -0.15) is 0 Å².